The monoisotopic (exact) mass is 252 g/mol. The molecule has 1 unspecified atom stereocenters. The summed E-state index contributed by atoms with van der Waals surface area (Å²) in [5, 5.41) is 11.5. The highest BCUT2D eigenvalue weighted by Crippen LogP contribution is 2.17. The van der Waals surface area contributed by atoms with Crippen molar-refractivity contribution in [2.75, 3.05) is 7.11 Å². The lowest BCUT2D eigenvalue weighted by Crippen LogP contribution is -2.51. The van der Waals surface area contributed by atoms with Gasteiger partial charge in [-0.05, 0) is 25.5 Å². The summed E-state index contributed by atoms with van der Waals surface area (Å²) in [6.45, 7) is 3.13. The van der Waals surface area contributed by atoms with E-state index in [9.17, 15) is 9.59 Å². The van der Waals surface area contributed by atoms with Crippen LogP contribution in [0.1, 0.15) is 30.8 Å². The summed E-state index contributed by atoms with van der Waals surface area (Å²) in [6, 6.07) is 3.22. The van der Waals surface area contributed by atoms with Crippen molar-refractivity contribution in [2.45, 2.75) is 25.8 Å². The zero-order chi connectivity index (χ0) is 13.8. The van der Waals surface area contributed by atoms with Crippen molar-refractivity contribution in [3.8, 4) is 5.75 Å². The predicted octanol–water partition coefficient (Wildman–Crippen LogP) is 1.07. The maximum atomic E-state index is 12.0. The third-order valence-electron chi connectivity index (χ3n) is 2.77. The SMILES string of the molecule is CCC(C)(NC(=O)c1ncccc1OC)C(=O)O. The topological polar surface area (TPSA) is 88.5 Å². The molecule has 1 amide bonds. The van der Waals surface area contributed by atoms with Gasteiger partial charge in [0.25, 0.3) is 5.91 Å². The van der Waals surface area contributed by atoms with Gasteiger partial charge in [-0.3, -0.25) is 4.79 Å². The van der Waals surface area contributed by atoms with Crippen molar-refractivity contribution in [1.29, 1.82) is 0 Å². The number of methoxy groups -OCH3 is 1. The number of pyridine rings is 1. The minimum atomic E-state index is -1.32. The zero-order valence-corrected chi connectivity index (χ0v) is 10.6. The highest BCUT2D eigenvalue weighted by molar-refractivity contribution is 5.98. The number of aliphatic carboxylic acids is 1. The Morgan fingerprint density at radius 2 is 2.22 bits per heavy atom. The molecule has 0 aliphatic carbocycles. The van der Waals surface area contributed by atoms with Gasteiger partial charge in [0, 0.05) is 6.20 Å². The molecule has 6 heteroatoms. The van der Waals surface area contributed by atoms with Gasteiger partial charge in [0.15, 0.2) is 5.69 Å². The number of rotatable bonds is 5. The highest BCUT2D eigenvalue weighted by Gasteiger charge is 2.34. The first-order valence-corrected chi connectivity index (χ1v) is 5.49. The number of carbonyl (C=O) groups excluding carboxylic acids is 1. The Kier molecular flexibility index (Phi) is 4.25. The molecule has 1 aromatic heterocycles. The lowest BCUT2D eigenvalue weighted by molar-refractivity contribution is -0.143. The maximum Gasteiger partial charge on any atom is 0.329 e. The van der Waals surface area contributed by atoms with Gasteiger partial charge in [0.05, 0.1) is 7.11 Å². The Hall–Kier alpha value is -2.11. The average Bonchev–Trinajstić information content (AvgIpc) is 2.38. The highest BCUT2D eigenvalue weighted by atomic mass is 16.5. The zero-order valence-electron chi connectivity index (χ0n) is 10.6. The maximum absolute atomic E-state index is 12.0. The van der Waals surface area contributed by atoms with Crippen LogP contribution in [0.15, 0.2) is 18.3 Å². The summed E-state index contributed by atoms with van der Waals surface area (Å²) in [5.41, 5.74) is -1.25. The van der Waals surface area contributed by atoms with E-state index < -0.39 is 17.4 Å². The molecule has 1 aromatic rings. The molecule has 0 bridgehead atoms. The molecular formula is C12H16N2O4. The number of hydrogen-bond acceptors (Lipinski definition) is 4. The van der Waals surface area contributed by atoms with Gasteiger partial charge in [0.1, 0.15) is 11.3 Å². The summed E-state index contributed by atoms with van der Waals surface area (Å²) >= 11 is 0. The fourth-order valence-corrected chi connectivity index (χ4v) is 1.33. The van der Waals surface area contributed by atoms with Crippen LogP contribution >= 0.6 is 0 Å². The third kappa shape index (κ3) is 2.77. The van der Waals surface area contributed by atoms with E-state index in [0.717, 1.165) is 0 Å². The van der Waals surface area contributed by atoms with Gasteiger partial charge in [-0.25, -0.2) is 9.78 Å². The van der Waals surface area contributed by atoms with Crippen molar-refractivity contribution in [1.82, 2.24) is 10.3 Å². The third-order valence-corrected chi connectivity index (χ3v) is 2.77. The van der Waals surface area contributed by atoms with Gasteiger partial charge >= 0.3 is 5.97 Å². The van der Waals surface area contributed by atoms with E-state index >= 15 is 0 Å². The first-order chi connectivity index (χ1) is 8.44. The van der Waals surface area contributed by atoms with Crippen LogP contribution in [0.4, 0.5) is 0 Å². The van der Waals surface area contributed by atoms with Gasteiger partial charge < -0.3 is 15.2 Å². The van der Waals surface area contributed by atoms with E-state index in [0.29, 0.717) is 5.75 Å². The lowest BCUT2D eigenvalue weighted by atomic mass is 9.99. The normalized spacial score (nSPS) is 13.5. The van der Waals surface area contributed by atoms with E-state index in [4.69, 9.17) is 9.84 Å². The summed E-state index contributed by atoms with van der Waals surface area (Å²) < 4.78 is 5.00. The van der Waals surface area contributed by atoms with Gasteiger partial charge in [0.2, 0.25) is 0 Å². The second-order valence-electron chi connectivity index (χ2n) is 4.00. The van der Waals surface area contributed by atoms with Crippen molar-refractivity contribution in [2.24, 2.45) is 0 Å². The lowest BCUT2D eigenvalue weighted by Gasteiger charge is -2.24. The smallest absolute Gasteiger partial charge is 0.329 e. The van der Waals surface area contributed by atoms with E-state index in [2.05, 4.69) is 10.3 Å². The van der Waals surface area contributed by atoms with E-state index in [1.54, 1.807) is 19.1 Å². The second kappa shape index (κ2) is 5.48. The van der Waals surface area contributed by atoms with Crippen LogP contribution in [0, 0.1) is 0 Å². The fourth-order valence-electron chi connectivity index (χ4n) is 1.33. The van der Waals surface area contributed by atoms with E-state index in [1.807, 2.05) is 0 Å². The minimum absolute atomic E-state index is 0.0703. The Bertz CT molecular complexity index is 461. The van der Waals surface area contributed by atoms with Gasteiger partial charge in [-0.1, -0.05) is 6.92 Å². The van der Waals surface area contributed by atoms with E-state index in [1.165, 1.54) is 20.2 Å². The first-order valence-electron chi connectivity index (χ1n) is 5.49. The Labute approximate surface area is 105 Å². The van der Waals surface area contributed by atoms with Crippen LogP contribution in [-0.4, -0.2) is 34.6 Å². The molecule has 0 aliphatic heterocycles. The standard InChI is InChI=1S/C12H16N2O4/c1-4-12(2,11(16)17)14-10(15)9-8(18-3)6-5-7-13-9/h5-7H,4H2,1-3H3,(H,14,15)(H,16,17). The molecule has 0 fully saturated rings. The number of nitrogens with one attached hydrogen (secondary N) is 1. The van der Waals surface area contributed by atoms with Crippen molar-refractivity contribution in [3.63, 3.8) is 0 Å². The quantitative estimate of drug-likeness (QED) is 0.818. The molecule has 0 spiro atoms. The molecule has 18 heavy (non-hydrogen) atoms. The number of nitrogens with zero attached hydrogens (tertiary/aromatic N) is 1. The molecule has 0 aliphatic rings. The summed E-state index contributed by atoms with van der Waals surface area (Å²) in [5.74, 6) is -1.36. The van der Waals surface area contributed by atoms with Crippen LogP contribution in [0.5, 0.6) is 5.75 Å². The average molecular weight is 252 g/mol. The van der Waals surface area contributed by atoms with Gasteiger partial charge in [-0.15, -0.1) is 0 Å². The van der Waals surface area contributed by atoms with Crippen molar-refractivity contribution < 1.29 is 19.4 Å². The summed E-state index contributed by atoms with van der Waals surface area (Å²) in [7, 11) is 1.42. The van der Waals surface area contributed by atoms with Crippen LogP contribution < -0.4 is 10.1 Å². The number of ether oxygens (including phenoxy) is 1. The van der Waals surface area contributed by atoms with Crippen LogP contribution in [0.3, 0.4) is 0 Å². The molecule has 1 rings (SSSR count). The molecule has 0 radical (unpaired) electrons. The molecule has 0 aromatic carbocycles. The van der Waals surface area contributed by atoms with Crippen LogP contribution in [0.2, 0.25) is 0 Å². The van der Waals surface area contributed by atoms with Crippen molar-refractivity contribution in [3.05, 3.63) is 24.0 Å². The van der Waals surface area contributed by atoms with Crippen LogP contribution in [-0.2, 0) is 4.79 Å². The number of carboxylic acids is 1. The minimum Gasteiger partial charge on any atom is -0.494 e. The fraction of sp³-hybridized carbons (Fsp3) is 0.417. The van der Waals surface area contributed by atoms with Crippen LogP contribution in [0.25, 0.3) is 0 Å². The Morgan fingerprint density at radius 3 is 2.72 bits per heavy atom. The van der Waals surface area contributed by atoms with Crippen molar-refractivity contribution >= 4 is 11.9 Å². The number of carbonyl (C=O) groups is 2. The largest absolute Gasteiger partial charge is 0.494 e. The summed E-state index contributed by atoms with van der Waals surface area (Å²) in [4.78, 5) is 27.0. The molecular weight excluding hydrogens is 236 g/mol. The molecule has 0 saturated heterocycles. The summed E-state index contributed by atoms with van der Waals surface area (Å²) in [6.07, 6.45) is 1.71. The number of aromatic nitrogens is 1. The predicted molar refractivity (Wildman–Crippen MR) is 64.6 cm³/mol. The molecule has 1 atom stereocenters. The molecule has 6 nitrogen and oxygen atoms in total. The molecule has 2 N–H and O–H groups in total. The number of hydrogen-bond donors (Lipinski definition) is 2. The molecule has 0 saturated carbocycles. The first kappa shape index (κ1) is 14.0. The molecule has 98 valence electrons. The van der Waals surface area contributed by atoms with E-state index in [-0.39, 0.29) is 12.1 Å². The Balaban J connectivity index is 2.98. The second-order valence-corrected chi connectivity index (χ2v) is 4.00. The number of carboxylic acid groups (broad SMARTS) is 1. The number of amides is 1. The molecule has 1 heterocycles. The van der Waals surface area contributed by atoms with Gasteiger partial charge in [-0.2, -0.15) is 0 Å². The Morgan fingerprint density at radius 1 is 1.56 bits per heavy atom.